The van der Waals surface area contributed by atoms with E-state index in [0.29, 0.717) is 5.25 Å². The number of fused-ring (bicyclic) bond motifs is 1. The average molecular weight is 283 g/mol. The summed E-state index contributed by atoms with van der Waals surface area (Å²) < 4.78 is 0. The van der Waals surface area contributed by atoms with Gasteiger partial charge in [0.15, 0.2) is 0 Å². The van der Waals surface area contributed by atoms with Crippen LogP contribution in [0.5, 0.6) is 0 Å². The first-order valence-corrected chi connectivity index (χ1v) is 8.46. The Labute approximate surface area is 115 Å². The summed E-state index contributed by atoms with van der Waals surface area (Å²) in [5.41, 5.74) is 0.875. The van der Waals surface area contributed by atoms with E-state index < -0.39 is 5.97 Å². The zero-order valence-corrected chi connectivity index (χ0v) is 11.9. The molecule has 0 spiro atoms. The van der Waals surface area contributed by atoms with Crippen molar-refractivity contribution in [3.05, 3.63) is 15.6 Å². The molecule has 2 atom stereocenters. The number of carbonyl (C=O) groups is 1. The number of thiazole rings is 1. The summed E-state index contributed by atoms with van der Waals surface area (Å²) in [6, 6.07) is 0. The van der Waals surface area contributed by atoms with Crippen LogP contribution in [0.2, 0.25) is 0 Å². The van der Waals surface area contributed by atoms with E-state index in [1.54, 1.807) is 11.3 Å². The number of aliphatic carboxylic acids is 1. The lowest BCUT2D eigenvalue weighted by molar-refractivity contribution is -0.139. The number of rotatable bonds is 2. The van der Waals surface area contributed by atoms with Crippen LogP contribution >= 0.6 is 23.1 Å². The zero-order valence-electron chi connectivity index (χ0n) is 10.2. The van der Waals surface area contributed by atoms with Crippen LogP contribution in [0.4, 0.5) is 0 Å². The molecule has 3 rings (SSSR count). The molecule has 1 aromatic rings. The van der Waals surface area contributed by atoms with Gasteiger partial charge in [0.2, 0.25) is 0 Å². The number of hydrogen-bond acceptors (Lipinski definition) is 4. The van der Waals surface area contributed by atoms with Gasteiger partial charge in [-0.25, -0.2) is 4.98 Å². The van der Waals surface area contributed by atoms with Crippen molar-refractivity contribution < 1.29 is 9.90 Å². The normalized spacial score (nSPS) is 27.8. The van der Waals surface area contributed by atoms with Crippen LogP contribution in [-0.2, 0) is 11.2 Å². The number of carboxylic acids is 1. The van der Waals surface area contributed by atoms with E-state index in [9.17, 15) is 9.90 Å². The Hall–Kier alpha value is -0.550. The van der Waals surface area contributed by atoms with Crippen molar-refractivity contribution in [2.45, 2.75) is 49.7 Å². The molecule has 0 bridgehead atoms. The molecule has 1 N–H and O–H groups in total. The van der Waals surface area contributed by atoms with E-state index in [1.165, 1.54) is 34.9 Å². The number of carboxylic acid groups (broad SMARTS) is 1. The molecule has 5 heteroatoms. The maximum Gasteiger partial charge on any atom is 0.312 e. The highest BCUT2D eigenvalue weighted by Crippen LogP contribution is 2.43. The molecule has 0 amide bonds. The van der Waals surface area contributed by atoms with E-state index in [-0.39, 0.29) is 5.92 Å². The predicted molar refractivity (Wildman–Crippen MR) is 74.5 cm³/mol. The molecule has 0 aromatic carbocycles. The minimum absolute atomic E-state index is 0.354. The second kappa shape index (κ2) is 5.21. The first-order valence-electron chi connectivity index (χ1n) is 6.59. The van der Waals surface area contributed by atoms with E-state index in [1.807, 2.05) is 11.8 Å². The van der Waals surface area contributed by atoms with Crippen LogP contribution in [0.25, 0.3) is 0 Å². The third kappa shape index (κ3) is 2.30. The summed E-state index contributed by atoms with van der Waals surface area (Å²) in [5.74, 6) is 0.161. The third-order valence-corrected chi connectivity index (χ3v) is 6.50. The highest BCUT2D eigenvalue weighted by molar-refractivity contribution is 7.99. The summed E-state index contributed by atoms with van der Waals surface area (Å²) >= 11 is 3.76. The number of thioether (sulfide) groups is 1. The van der Waals surface area contributed by atoms with Crippen molar-refractivity contribution in [3.63, 3.8) is 0 Å². The fraction of sp³-hybridized carbons (Fsp3) is 0.692. The average Bonchev–Trinajstić information content (AvgIpc) is 2.83. The molecule has 18 heavy (non-hydrogen) atoms. The molecule has 2 aliphatic rings. The first kappa shape index (κ1) is 12.5. The highest BCUT2D eigenvalue weighted by atomic mass is 32.2. The molecular formula is C13H17NO2S2. The van der Waals surface area contributed by atoms with Crippen LogP contribution in [0.3, 0.4) is 0 Å². The molecule has 1 aliphatic heterocycles. The summed E-state index contributed by atoms with van der Waals surface area (Å²) in [7, 11) is 0. The standard InChI is InChI=1S/C13H17NO2S2/c15-13(16)8-4-3-6-9-11(8)14-12(18-9)10-5-1-2-7-17-10/h8,10H,1-7H2,(H,15,16). The molecule has 98 valence electrons. The minimum atomic E-state index is -0.705. The molecule has 1 fully saturated rings. The predicted octanol–water partition coefficient (Wildman–Crippen LogP) is 3.61. The first-order chi connectivity index (χ1) is 8.75. The van der Waals surface area contributed by atoms with E-state index in [2.05, 4.69) is 0 Å². The topological polar surface area (TPSA) is 50.2 Å². The largest absolute Gasteiger partial charge is 0.481 e. The van der Waals surface area contributed by atoms with Crippen LogP contribution in [0, 0.1) is 0 Å². The molecule has 1 aliphatic carbocycles. The maximum atomic E-state index is 11.3. The highest BCUT2D eigenvalue weighted by Gasteiger charge is 2.31. The van der Waals surface area contributed by atoms with Gasteiger partial charge in [-0.05, 0) is 37.9 Å². The summed E-state index contributed by atoms with van der Waals surface area (Å²) in [6.45, 7) is 0. The van der Waals surface area contributed by atoms with Crippen molar-refractivity contribution in [2.24, 2.45) is 0 Å². The Morgan fingerprint density at radius 2 is 2.17 bits per heavy atom. The SMILES string of the molecule is O=C(O)C1CCCc2sc(C3CCCCS3)nc21. The zero-order chi connectivity index (χ0) is 12.5. The van der Waals surface area contributed by atoms with Gasteiger partial charge in [0.1, 0.15) is 5.01 Å². The van der Waals surface area contributed by atoms with Gasteiger partial charge >= 0.3 is 5.97 Å². The van der Waals surface area contributed by atoms with Crippen LogP contribution < -0.4 is 0 Å². The fourth-order valence-electron chi connectivity index (χ4n) is 2.75. The number of aryl methyl sites for hydroxylation is 1. The van der Waals surface area contributed by atoms with Crippen molar-refractivity contribution in [2.75, 3.05) is 5.75 Å². The number of aromatic nitrogens is 1. The number of hydrogen-bond donors (Lipinski definition) is 1. The lowest BCUT2D eigenvalue weighted by atomic mass is 9.91. The van der Waals surface area contributed by atoms with Crippen molar-refractivity contribution in [1.82, 2.24) is 4.98 Å². The van der Waals surface area contributed by atoms with E-state index in [4.69, 9.17) is 4.98 Å². The molecule has 1 saturated heterocycles. The monoisotopic (exact) mass is 283 g/mol. The van der Waals surface area contributed by atoms with Crippen molar-refractivity contribution >= 4 is 29.1 Å². The Morgan fingerprint density at radius 1 is 1.28 bits per heavy atom. The Kier molecular flexibility index (Phi) is 3.61. The molecule has 3 nitrogen and oxygen atoms in total. The molecular weight excluding hydrogens is 266 g/mol. The summed E-state index contributed by atoms with van der Waals surface area (Å²) in [5, 5.41) is 11.0. The Balaban J connectivity index is 1.88. The summed E-state index contributed by atoms with van der Waals surface area (Å²) in [4.78, 5) is 17.2. The van der Waals surface area contributed by atoms with Crippen LogP contribution in [-0.4, -0.2) is 21.8 Å². The van der Waals surface area contributed by atoms with Crippen LogP contribution in [0.15, 0.2) is 0 Å². The van der Waals surface area contributed by atoms with Crippen molar-refractivity contribution in [1.29, 1.82) is 0 Å². The Bertz CT molecular complexity index is 452. The van der Waals surface area contributed by atoms with Gasteiger partial charge in [-0.2, -0.15) is 11.8 Å². The molecule has 2 heterocycles. The van der Waals surface area contributed by atoms with Gasteiger partial charge < -0.3 is 5.11 Å². The summed E-state index contributed by atoms with van der Waals surface area (Å²) in [6.07, 6.45) is 6.56. The van der Waals surface area contributed by atoms with Crippen molar-refractivity contribution in [3.8, 4) is 0 Å². The maximum absolute atomic E-state index is 11.3. The molecule has 2 unspecified atom stereocenters. The van der Waals surface area contributed by atoms with E-state index >= 15 is 0 Å². The van der Waals surface area contributed by atoms with Gasteiger partial charge in [0, 0.05) is 4.88 Å². The molecule has 0 radical (unpaired) electrons. The quantitative estimate of drug-likeness (QED) is 0.901. The van der Waals surface area contributed by atoms with Gasteiger partial charge in [0.25, 0.3) is 0 Å². The van der Waals surface area contributed by atoms with Gasteiger partial charge in [-0.15, -0.1) is 11.3 Å². The third-order valence-electron chi connectivity index (χ3n) is 3.72. The van der Waals surface area contributed by atoms with Gasteiger partial charge in [-0.3, -0.25) is 4.79 Å². The molecule has 0 saturated carbocycles. The Morgan fingerprint density at radius 3 is 2.89 bits per heavy atom. The lowest BCUT2D eigenvalue weighted by Crippen LogP contribution is -2.17. The molecule has 1 aromatic heterocycles. The van der Waals surface area contributed by atoms with E-state index in [0.717, 1.165) is 25.0 Å². The lowest BCUT2D eigenvalue weighted by Gasteiger charge is -2.18. The number of nitrogens with zero attached hydrogens (tertiary/aromatic N) is 1. The second-order valence-corrected chi connectivity index (χ2v) is 7.42. The van der Waals surface area contributed by atoms with Crippen LogP contribution in [0.1, 0.15) is 58.9 Å². The minimum Gasteiger partial charge on any atom is -0.481 e. The second-order valence-electron chi connectivity index (χ2n) is 5.00. The fourth-order valence-corrected chi connectivity index (χ4v) is 5.47. The van der Waals surface area contributed by atoms with Gasteiger partial charge in [-0.1, -0.05) is 6.42 Å². The smallest absolute Gasteiger partial charge is 0.312 e. The van der Waals surface area contributed by atoms with Gasteiger partial charge in [0.05, 0.1) is 16.9 Å².